The third-order valence-electron chi connectivity index (χ3n) is 4.92. The summed E-state index contributed by atoms with van der Waals surface area (Å²) < 4.78 is 48.6. The van der Waals surface area contributed by atoms with E-state index in [1.54, 1.807) is 14.2 Å². The van der Waals surface area contributed by atoms with Gasteiger partial charge in [0.2, 0.25) is 5.91 Å². The number of nitrogens with one attached hydrogen (secondary N) is 1. The smallest absolute Gasteiger partial charge is 0.416 e. The quantitative estimate of drug-likeness (QED) is 0.510. The van der Waals surface area contributed by atoms with Crippen molar-refractivity contribution in [1.29, 1.82) is 0 Å². The second kappa shape index (κ2) is 9.55. The maximum absolute atomic E-state index is 12.7. The minimum Gasteiger partial charge on any atom is -0.497 e. The fourth-order valence-corrected chi connectivity index (χ4v) is 3.24. The van der Waals surface area contributed by atoms with Crippen LogP contribution in [0.4, 0.5) is 18.9 Å². The topological polar surface area (TPSA) is 47.6 Å². The summed E-state index contributed by atoms with van der Waals surface area (Å²) in [5, 5.41) is 2.68. The molecule has 0 aliphatic rings. The van der Waals surface area contributed by atoms with E-state index in [0.717, 1.165) is 23.3 Å². The van der Waals surface area contributed by atoms with Crippen molar-refractivity contribution in [2.75, 3.05) is 19.5 Å². The van der Waals surface area contributed by atoms with Gasteiger partial charge >= 0.3 is 6.18 Å². The van der Waals surface area contributed by atoms with Crippen LogP contribution in [0.3, 0.4) is 0 Å². The number of carbonyl (C=O) groups is 1. The van der Waals surface area contributed by atoms with Crippen molar-refractivity contribution in [2.45, 2.75) is 18.5 Å². The predicted molar refractivity (Wildman–Crippen MR) is 113 cm³/mol. The molecule has 1 N–H and O–H groups in total. The second-order valence-electron chi connectivity index (χ2n) is 6.93. The average Bonchev–Trinajstić information content (AvgIpc) is 2.77. The van der Waals surface area contributed by atoms with E-state index in [-0.39, 0.29) is 18.2 Å². The maximum atomic E-state index is 12.7. The first kappa shape index (κ1) is 22.2. The van der Waals surface area contributed by atoms with Crippen LogP contribution in [0.1, 0.15) is 29.0 Å². The molecule has 1 amide bonds. The van der Waals surface area contributed by atoms with Gasteiger partial charge in [0.15, 0.2) is 0 Å². The number of carbonyl (C=O) groups excluding carboxylic acids is 1. The second-order valence-corrected chi connectivity index (χ2v) is 6.93. The van der Waals surface area contributed by atoms with Gasteiger partial charge in [-0.05, 0) is 59.7 Å². The lowest BCUT2D eigenvalue weighted by atomic mass is 9.88. The zero-order valence-electron chi connectivity index (χ0n) is 17.1. The zero-order chi connectivity index (χ0) is 22.4. The average molecular weight is 429 g/mol. The van der Waals surface area contributed by atoms with E-state index in [4.69, 9.17) is 9.47 Å². The molecule has 0 saturated heterocycles. The molecule has 7 heteroatoms. The minimum absolute atomic E-state index is 0.111. The van der Waals surface area contributed by atoms with Gasteiger partial charge in [0, 0.05) is 18.0 Å². The van der Waals surface area contributed by atoms with Crippen LogP contribution in [-0.4, -0.2) is 20.1 Å². The Morgan fingerprint density at radius 3 is 1.65 bits per heavy atom. The number of amides is 1. The van der Waals surface area contributed by atoms with Crippen molar-refractivity contribution in [3.05, 3.63) is 89.5 Å². The van der Waals surface area contributed by atoms with Crippen molar-refractivity contribution in [2.24, 2.45) is 0 Å². The standard InChI is InChI=1S/C24H22F3NO3/c1-30-20-11-3-16(4-12-20)22(17-5-13-21(31-2)14-6-17)15-23(29)28-19-9-7-18(8-10-19)24(25,26)27/h3-14,22H,15H2,1-2H3,(H,28,29). The van der Waals surface area contributed by atoms with E-state index in [2.05, 4.69) is 5.32 Å². The van der Waals surface area contributed by atoms with Crippen molar-refractivity contribution in [1.82, 2.24) is 0 Å². The van der Waals surface area contributed by atoms with E-state index in [0.29, 0.717) is 17.2 Å². The van der Waals surface area contributed by atoms with E-state index in [1.807, 2.05) is 48.5 Å². The Kier molecular flexibility index (Phi) is 6.84. The highest BCUT2D eigenvalue weighted by atomic mass is 19.4. The molecular formula is C24H22F3NO3. The van der Waals surface area contributed by atoms with Crippen molar-refractivity contribution >= 4 is 11.6 Å². The molecule has 0 spiro atoms. The van der Waals surface area contributed by atoms with Crippen LogP contribution in [-0.2, 0) is 11.0 Å². The molecule has 162 valence electrons. The number of hydrogen-bond acceptors (Lipinski definition) is 3. The summed E-state index contributed by atoms with van der Waals surface area (Å²) in [5.41, 5.74) is 1.36. The summed E-state index contributed by atoms with van der Waals surface area (Å²) in [7, 11) is 3.15. The van der Waals surface area contributed by atoms with Gasteiger partial charge in [0.1, 0.15) is 11.5 Å². The number of alkyl halides is 3. The molecule has 31 heavy (non-hydrogen) atoms. The summed E-state index contributed by atoms with van der Waals surface area (Å²) in [6, 6.07) is 19.2. The van der Waals surface area contributed by atoms with Gasteiger partial charge in [-0.1, -0.05) is 24.3 Å². The highest BCUT2D eigenvalue weighted by Gasteiger charge is 2.30. The first-order valence-corrected chi connectivity index (χ1v) is 9.55. The molecule has 4 nitrogen and oxygen atoms in total. The number of halogens is 3. The highest BCUT2D eigenvalue weighted by Crippen LogP contribution is 2.32. The molecule has 3 aromatic rings. The van der Waals surface area contributed by atoms with Crippen molar-refractivity contribution in [3.8, 4) is 11.5 Å². The Hall–Kier alpha value is -3.48. The van der Waals surface area contributed by atoms with Crippen LogP contribution in [0, 0.1) is 0 Å². The molecule has 0 aliphatic heterocycles. The molecule has 0 radical (unpaired) electrons. The van der Waals surface area contributed by atoms with Crippen LogP contribution >= 0.6 is 0 Å². The van der Waals surface area contributed by atoms with Gasteiger partial charge in [-0.2, -0.15) is 13.2 Å². The lowest BCUT2D eigenvalue weighted by Crippen LogP contribution is -2.16. The van der Waals surface area contributed by atoms with Crippen molar-refractivity contribution < 1.29 is 27.4 Å². The van der Waals surface area contributed by atoms with Crippen LogP contribution in [0.5, 0.6) is 11.5 Å². The fourth-order valence-electron chi connectivity index (χ4n) is 3.24. The van der Waals surface area contributed by atoms with Gasteiger partial charge in [0.05, 0.1) is 19.8 Å². The fraction of sp³-hybridized carbons (Fsp3) is 0.208. The Balaban J connectivity index is 1.80. The predicted octanol–water partition coefficient (Wildman–Crippen LogP) is 5.88. The van der Waals surface area contributed by atoms with Gasteiger partial charge in [-0.3, -0.25) is 4.79 Å². The number of anilines is 1. The van der Waals surface area contributed by atoms with Crippen LogP contribution in [0.25, 0.3) is 0 Å². The molecule has 0 saturated carbocycles. The molecule has 0 bridgehead atoms. The third-order valence-corrected chi connectivity index (χ3v) is 4.92. The Labute approximate surface area is 178 Å². The first-order valence-electron chi connectivity index (χ1n) is 9.55. The van der Waals surface area contributed by atoms with Gasteiger partial charge < -0.3 is 14.8 Å². The molecule has 3 aromatic carbocycles. The minimum atomic E-state index is -4.42. The Bertz CT molecular complexity index is 951. The van der Waals surface area contributed by atoms with Gasteiger partial charge in [-0.25, -0.2) is 0 Å². The van der Waals surface area contributed by atoms with E-state index in [9.17, 15) is 18.0 Å². The molecule has 0 unspecified atom stereocenters. The van der Waals surface area contributed by atoms with Crippen LogP contribution in [0.2, 0.25) is 0 Å². The summed E-state index contributed by atoms with van der Waals surface area (Å²) in [5.74, 6) is 0.834. The number of rotatable bonds is 7. The summed E-state index contributed by atoms with van der Waals surface area (Å²) in [4.78, 5) is 12.7. The number of benzene rings is 3. The Morgan fingerprint density at radius 2 is 1.26 bits per heavy atom. The summed E-state index contributed by atoms with van der Waals surface area (Å²) in [6.45, 7) is 0. The monoisotopic (exact) mass is 429 g/mol. The van der Waals surface area contributed by atoms with Crippen LogP contribution in [0.15, 0.2) is 72.8 Å². The van der Waals surface area contributed by atoms with E-state index >= 15 is 0 Å². The van der Waals surface area contributed by atoms with Crippen LogP contribution < -0.4 is 14.8 Å². The molecule has 0 aromatic heterocycles. The lowest BCUT2D eigenvalue weighted by Gasteiger charge is -2.19. The van der Waals surface area contributed by atoms with Gasteiger partial charge in [-0.15, -0.1) is 0 Å². The molecule has 0 aliphatic carbocycles. The summed E-state index contributed by atoms with van der Waals surface area (Å²) >= 11 is 0. The number of methoxy groups -OCH3 is 2. The van der Waals surface area contributed by atoms with E-state index in [1.165, 1.54) is 12.1 Å². The summed E-state index contributed by atoms with van der Waals surface area (Å²) in [6.07, 6.45) is -4.31. The normalized spacial score (nSPS) is 11.3. The van der Waals surface area contributed by atoms with Gasteiger partial charge in [0.25, 0.3) is 0 Å². The SMILES string of the molecule is COc1ccc(C(CC(=O)Nc2ccc(C(F)(F)F)cc2)c2ccc(OC)cc2)cc1. The third kappa shape index (κ3) is 5.78. The molecular weight excluding hydrogens is 407 g/mol. The molecule has 0 heterocycles. The van der Waals surface area contributed by atoms with E-state index < -0.39 is 11.7 Å². The van der Waals surface area contributed by atoms with Crippen molar-refractivity contribution in [3.63, 3.8) is 0 Å². The molecule has 0 atom stereocenters. The number of ether oxygens (including phenoxy) is 2. The molecule has 0 fully saturated rings. The number of hydrogen-bond donors (Lipinski definition) is 1. The highest BCUT2D eigenvalue weighted by molar-refractivity contribution is 5.91. The first-order chi connectivity index (χ1) is 14.8. The zero-order valence-corrected chi connectivity index (χ0v) is 17.1. The Morgan fingerprint density at radius 1 is 0.806 bits per heavy atom. The lowest BCUT2D eigenvalue weighted by molar-refractivity contribution is -0.137. The molecule has 3 rings (SSSR count). The largest absolute Gasteiger partial charge is 0.497 e. The maximum Gasteiger partial charge on any atom is 0.416 e.